The van der Waals surface area contributed by atoms with Crippen molar-refractivity contribution in [3.8, 4) is 5.75 Å². The number of aromatic nitrogens is 2. The molecular weight excluding hydrogens is 224 g/mol. The molecule has 3 rings (SSSR count). The number of rotatable bonds is 1. The molecule has 0 aliphatic rings. The first-order chi connectivity index (χ1) is 7.79. The van der Waals surface area contributed by atoms with Crippen LogP contribution in [0.2, 0.25) is 0 Å². The maximum Gasteiger partial charge on any atom is 0.258 e. The van der Waals surface area contributed by atoms with Crippen LogP contribution in [0.4, 0.5) is 0 Å². The molecule has 16 heavy (non-hydrogen) atoms. The lowest BCUT2D eigenvalue weighted by atomic mass is 10.3. The highest BCUT2D eigenvalue weighted by molar-refractivity contribution is 7.23. The lowest BCUT2D eigenvalue weighted by Crippen LogP contribution is -2.10. The van der Waals surface area contributed by atoms with E-state index < -0.39 is 0 Å². The summed E-state index contributed by atoms with van der Waals surface area (Å²) in [7, 11) is 1.62. The third-order valence-corrected chi connectivity index (χ3v) is 3.44. The molecule has 2 heterocycles. The van der Waals surface area contributed by atoms with E-state index in [1.807, 2.05) is 18.2 Å². The predicted molar refractivity (Wildman–Crippen MR) is 63.4 cm³/mol. The first-order valence-corrected chi connectivity index (χ1v) is 5.55. The maximum absolute atomic E-state index is 11.7. The van der Waals surface area contributed by atoms with Crippen molar-refractivity contribution >= 4 is 26.5 Å². The molecular formula is C11H8N2O2S. The monoisotopic (exact) mass is 232 g/mol. The Hall–Kier alpha value is -1.88. The van der Waals surface area contributed by atoms with Gasteiger partial charge in [-0.05, 0) is 18.2 Å². The van der Waals surface area contributed by atoms with Gasteiger partial charge in [0.25, 0.3) is 5.56 Å². The third kappa shape index (κ3) is 1.22. The first-order valence-electron chi connectivity index (χ1n) is 4.74. The minimum absolute atomic E-state index is 0.0542. The molecule has 4 nitrogen and oxygen atoms in total. The van der Waals surface area contributed by atoms with Gasteiger partial charge in [0.15, 0.2) is 4.96 Å². The van der Waals surface area contributed by atoms with E-state index in [1.165, 1.54) is 23.6 Å². The van der Waals surface area contributed by atoms with Gasteiger partial charge in [-0.2, -0.15) is 0 Å². The Balaban J connectivity index is 2.52. The lowest BCUT2D eigenvalue weighted by molar-refractivity contribution is 0.415. The molecule has 1 aromatic carbocycles. The fraction of sp³-hybridized carbons (Fsp3) is 0.0909. The van der Waals surface area contributed by atoms with E-state index in [2.05, 4.69) is 4.98 Å². The van der Waals surface area contributed by atoms with Crippen molar-refractivity contribution in [3.63, 3.8) is 0 Å². The number of benzene rings is 1. The van der Waals surface area contributed by atoms with E-state index in [0.717, 1.165) is 16.0 Å². The molecule has 80 valence electrons. The van der Waals surface area contributed by atoms with Gasteiger partial charge in [0.2, 0.25) is 0 Å². The number of fused-ring (bicyclic) bond motifs is 3. The molecule has 0 amide bonds. The molecule has 3 aromatic rings. The summed E-state index contributed by atoms with van der Waals surface area (Å²) in [5.41, 5.74) is 0.820. The van der Waals surface area contributed by atoms with Crippen LogP contribution in [0.15, 0.2) is 35.3 Å². The van der Waals surface area contributed by atoms with Crippen LogP contribution in [0.1, 0.15) is 0 Å². The second kappa shape index (κ2) is 3.31. The summed E-state index contributed by atoms with van der Waals surface area (Å²) in [5, 5.41) is 0. The maximum atomic E-state index is 11.7. The van der Waals surface area contributed by atoms with Crippen molar-refractivity contribution < 1.29 is 4.74 Å². The molecule has 0 fully saturated rings. The highest BCUT2D eigenvalue weighted by atomic mass is 32.1. The molecule has 0 saturated carbocycles. The lowest BCUT2D eigenvalue weighted by Gasteiger charge is -1.98. The number of thiazole rings is 1. The van der Waals surface area contributed by atoms with Crippen molar-refractivity contribution in [1.29, 1.82) is 0 Å². The molecule has 0 spiro atoms. The number of hydrogen-bond acceptors (Lipinski definition) is 4. The van der Waals surface area contributed by atoms with Gasteiger partial charge >= 0.3 is 0 Å². The second-order valence-electron chi connectivity index (χ2n) is 3.34. The molecule has 0 radical (unpaired) electrons. The molecule has 0 unspecified atom stereocenters. The summed E-state index contributed by atoms with van der Waals surface area (Å²) in [4.78, 5) is 16.6. The average Bonchev–Trinajstić information content (AvgIpc) is 2.67. The number of methoxy groups -OCH3 is 1. The van der Waals surface area contributed by atoms with Gasteiger partial charge in [-0.3, -0.25) is 9.20 Å². The van der Waals surface area contributed by atoms with E-state index >= 15 is 0 Å². The highest BCUT2D eigenvalue weighted by Crippen LogP contribution is 2.27. The van der Waals surface area contributed by atoms with E-state index in [0.29, 0.717) is 4.96 Å². The van der Waals surface area contributed by atoms with Crippen LogP contribution >= 0.6 is 11.3 Å². The number of hydrogen-bond donors (Lipinski definition) is 0. The van der Waals surface area contributed by atoms with Gasteiger partial charge in [0.1, 0.15) is 5.75 Å². The summed E-state index contributed by atoms with van der Waals surface area (Å²) in [6.45, 7) is 0. The van der Waals surface area contributed by atoms with Crippen LogP contribution < -0.4 is 10.3 Å². The second-order valence-corrected chi connectivity index (χ2v) is 4.35. The zero-order chi connectivity index (χ0) is 11.1. The smallest absolute Gasteiger partial charge is 0.258 e. The fourth-order valence-electron chi connectivity index (χ4n) is 1.67. The fourth-order valence-corrected chi connectivity index (χ4v) is 2.70. The van der Waals surface area contributed by atoms with Crippen LogP contribution in [0.5, 0.6) is 5.75 Å². The Morgan fingerprint density at radius 1 is 1.38 bits per heavy atom. The molecule has 0 aliphatic carbocycles. The molecule has 0 N–H and O–H groups in total. The molecule has 0 atom stereocenters. The Labute approximate surface area is 94.7 Å². The van der Waals surface area contributed by atoms with Crippen molar-refractivity contribution in [3.05, 3.63) is 40.8 Å². The largest absolute Gasteiger partial charge is 0.497 e. The van der Waals surface area contributed by atoms with Crippen LogP contribution in [0.3, 0.4) is 0 Å². The summed E-state index contributed by atoms with van der Waals surface area (Å²) < 4.78 is 7.75. The number of ether oxygens (including phenoxy) is 1. The highest BCUT2D eigenvalue weighted by Gasteiger charge is 2.07. The molecule has 0 aliphatic heterocycles. The van der Waals surface area contributed by atoms with Crippen LogP contribution in [0, 0.1) is 0 Å². The molecule has 0 bridgehead atoms. The Bertz CT molecular complexity index is 730. The third-order valence-electron chi connectivity index (χ3n) is 2.42. The summed E-state index contributed by atoms with van der Waals surface area (Å²) in [5.74, 6) is 0.784. The minimum atomic E-state index is -0.0542. The Morgan fingerprint density at radius 3 is 3.06 bits per heavy atom. The van der Waals surface area contributed by atoms with Gasteiger partial charge in [0, 0.05) is 12.3 Å². The standard InChI is InChI=1S/C11H8N2O2S/c1-15-7-2-3-8-9(6-7)16-11-12-5-4-10(14)13(8)11/h2-6H,1H3. The van der Waals surface area contributed by atoms with Crippen molar-refractivity contribution in [2.45, 2.75) is 0 Å². The van der Waals surface area contributed by atoms with E-state index in [-0.39, 0.29) is 5.56 Å². The topological polar surface area (TPSA) is 43.6 Å². The van der Waals surface area contributed by atoms with Gasteiger partial charge in [-0.25, -0.2) is 4.98 Å². The van der Waals surface area contributed by atoms with Crippen molar-refractivity contribution in [2.24, 2.45) is 0 Å². The van der Waals surface area contributed by atoms with Gasteiger partial charge < -0.3 is 4.74 Å². The van der Waals surface area contributed by atoms with Crippen LogP contribution in [0.25, 0.3) is 15.2 Å². The number of nitrogens with zero attached hydrogens (tertiary/aromatic N) is 2. The Morgan fingerprint density at radius 2 is 2.25 bits per heavy atom. The van der Waals surface area contributed by atoms with Crippen LogP contribution in [-0.2, 0) is 0 Å². The molecule has 0 saturated heterocycles. The summed E-state index contributed by atoms with van der Waals surface area (Å²) in [6, 6.07) is 7.09. The van der Waals surface area contributed by atoms with E-state index in [1.54, 1.807) is 11.5 Å². The quantitative estimate of drug-likeness (QED) is 0.643. The average molecular weight is 232 g/mol. The summed E-state index contributed by atoms with van der Waals surface area (Å²) >= 11 is 1.48. The van der Waals surface area contributed by atoms with Gasteiger partial charge in [0.05, 0.1) is 17.3 Å². The Kier molecular flexibility index (Phi) is 1.94. The molecule has 2 aromatic heterocycles. The van der Waals surface area contributed by atoms with Crippen LogP contribution in [-0.4, -0.2) is 16.5 Å². The zero-order valence-corrected chi connectivity index (χ0v) is 9.32. The normalized spacial score (nSPS) is 11.1. The van der Waals surface area contributed by atoms with Gasteiger partial charge in [-0.15, -0.1) is 0 Å². The first kappa shape index (κ1) is 9.35. The minimum Gasteiger partial charge on any atom is -0.497 e. The van der Waals surface area contributed by atoms with Crippen molar-refractivity contribution in [1.82, 2.24) is 9.38 Å². The zero-order valence-electron chi connectivity index (χ0n) is 8.51. The van der Waals surface area contributed by atoms with E-state index in [4.69, 9.17) is 4.74 Å². The van der Waals surface area contributed by atoms with Crippen molar-refractivity contribution in [2.75, 3.05) is 7.11 Å². The SMILES string of the molecule is COc1ccc2c(c1)sc1nccc(=O)n12. The summed E-state index contributed by atoms with van der Waals surface area (Å²) in [6.07, 6.45) is 1.53. The van der Waals surface area contributed by atoms with Gasteiger partial charge in [-0.1, -0.05) is 11.3 Å². The van der Waals surface area contributed by atoms with E-state index in [9.17, 15) is 4.79 Å². The molecule has 5 heteroatoms. The predicted octanol–water partition coefficient (Wildman–Crippen LogP) is 1.92.